The number of carbonyl (C=O) groups excluding carboxylic acids is 1. The SMILES string of the molecule is CCn1c(CC[C@@H]2CCCN2C(=O)[C@H]2CCCN2)cc2cc(C#N)ccc21. The zero-order valence-electron chi connectivity index (χ0n) is 16.1. The minimum Gasteiger partial charge on any atom is -0.345 e. The molecular formula is C22H28N4O. The van der Waals surface area contributed by atoms with Crippen LogP contribution in [0.5, 0.6) is 0 Å². The van der Waals surface area contributed by atoms with Gasteiger partial charge in [0, 0.05) is 35.7 Å². The molecular weight excluding hydrogens is 336 g/mol. The van der Waals surface area contributed by atoms with Crippen LogP contribution in [0.15, 0.2) is 24.3 Å². The van der Waals surface area contributed by atoms with E-state index in [-0.39, 0.29) is 6.04 Å². The van der Waals surface area contributed by atoms with Gasteiger partial charge >= 0.3 is 0 Å². The van der Waals surface area contributed by atoms with Gasteiger partial charge in [0.25, 0.3) is 0 Å². The Hall–Kier alpha value is -2.32. The van der Waals surface area contributed by atoms with Gasteiger partial charge in [-0.1, -0.05) is 0 Å². The van der Waals surface area contributed by atoms with Crippen molar-refractivity contribution >= 4 is 16.8 Å². The quantitative estimate of drug-likeness (QED) is 0.886. The minimum absolute atomic E-state index is 0.0390. The summed E-state index contributed by atoms with van der Waals surface area (Å²) < 4.78 is 2.34. The van der Waals surface area contributed by atoms with Crippen LogP contribution >= 0.6 is 0 Å². The van der Waals surface area contributed by atoms with Crippen molar-refractivity contribution in [2.75, 3.05) is 13.1 Å². The van der Waals surface area contributed by atoms with E-state index in [2.05, 4.69) is 39.9 Å². The maximum Gasteiger partial charge on any atom is 0.239 e. The topological polar surface area (TPSA) is 61.1 Å². The van der Waals surface area contributed by atoms with Gasteiger partial charge in [0.1, 0.15) is 0 Å². The molecule has 4 rings (SSSR count). The van der Waals surface area contributed by atoms with Gasteiger partial charge in [-0.3, -0.25) is 4.79 Å². The molecule has 0 aliphatic carbocycles. The minimum atomic E-state index is 0.0390. The molecule has 27 heavy (non-hydrogen) atoms. The average molecular weight is 364 g/mol. The van der Waals surface area contributed by atoms with Crippen LogP contribution in [0.3, 0.4) is 0 Å². The Balaban J connectivity index is 1.49. The maximum atomic E-state index is 12.8. The Bertz CT molecular complexity index is 872. The van der Waals surface area contributed by atoms with Crippen LogP contribution in [0.2, 0.25) is 0 Å². The van der Waals surface area contributed by atoms with Crippen molar-refractivity contribution < 1.29 is 4.79 Å². The van der Waals surface area contributed by atoms with E-state index < -0.39 is 0 Å². The maximum absolute atomic E-state index is 12.8. The van der Waals surface area contributed by atoms with Crippen molar-refractivity contribution in [2.45, 2.75) is 64.1 Å². The van der Waals surface area contributed by atoms with Gasteiger partial charge in [-0.2, -0.15) is 5.26 Å². The fraction of sp³-hybridized carbons (Fsp3) is 0.545. The first-order valence-corrected chi connectivity index (χ1v) is 10.3. The molecule has 1 N–H and O–H groups in total. The van der Waals surface area contributed by atoms with E-state index in [9.17, 15) is 4.79 Å². The molecule has 5 nitrogen and oxygen atoms in total. The number of nitrogens with zero attached hydrogens (tertiary/aromatic N) is 3. The Morgan fingerprint density at radius 3 is 2.93 bits per heavy atom. The summed E-state index contributed by atoms with van der Waals surface area (Å²) in [6.07, 6.45) is 6.30. The highest BCUT2D eigenvalue weighted by Crippen LogP contribution is 2.27. The summed E-state index contributed by atoms with van der Waals surface area (Å²) in [5, 5.41) is 13.6. The number of rotatable bonds is 5. The standard InChI is InChI=1S/C22H28N4O/c1-2-25-19(14-17-13-16(15-23)7-10-21(17)25)9-8-18-5-4-12-26(18)22(27)20-6-3-11-24-20/h7,10,13-14,18,20,24H,2-6,8-9,11-12H2,1H3/t18-,20+/m0/s1. The second-order valence-electron chi connectivity index (χ2n) is 7.78. The van der Waals surface area contributed by atoms with Gasteiger partial charge < -0.3 is 14.8 Å². The third-order valence-corrected chi connectivity index (χ3v) is 6.18. The van der Waals surface area contributed by atoms with Gasteiger partial charge in [-0.15, -0.1) is 0 Å². The van der Waals surface area contributed by atoms with E-state index in [0.717, 1.165) is 63.5 Å². The number of benzene rings is 1. The Morgan fingerprint density at radius 1 is 1.30 bits per heavy atom. The van der Waals surface area contributed by atoms with Gasteiger partial charge in [-0.25, -0.2) is 0 Å². The van der Waals surface area contributed by atoms with E-state index in [0.29, 0.717) is 17.5 Å². The third-order valence-electron chi connectivity index (χ3n) is 6.18. The van der Waals surface area contributed by atoms with E-state index in [1.807, 2.05) is 12.1 Å². The van der Waals surface area contributed by atoms with Crippen LogP contribution in [0, 0.1) is 11.3 Å². The van der Waals surface area contributed by atoms with Crippen molar-refractivity contribution in [3.63, 3.8) is 0 Å². The van der Waals surface area contributed by atoms with Gasteiger partial charge in [0.05, 0.1) is 17.7 Å². The normalized spacial score (nSPS) is 22.4. The lowest BCUT2D eigenvalue weighted by atomic mass is 10.1. The molecule has 3 heterocycles. The fourth-order valence-corrected chi connectivity index (χ4v) is 4.81. The summed E-state index contributed by atoms with van der Waals surface area (Å²) in [5.41, 5.74) is 3.21. The smallest absolute Gasteiger partial charge is 0.239 e. The van der Waals surface area contributed by atoms with Crippen molar-refractivity contribution in [1.29, 1.82) is 5.26 Å². The molecule has 2 atom stereocenters. The van der Waals surface area contributed by atoms with Crippen LogP contribution in [0.4, 0.5) is 0 Å². The van der Waals surface area contributed by atoms with Crippen molar-refractivity contribution in [3.05, 3.63) is 35.5 Å². The monoisotopic (exact) mass is 364 g/mol. The number of likely N-dealkylation sites (tertiary alicyclic amines) is 1. The summed E-state index contributed by atoms with van der Waals surface area (Å²) in [4.78, 5) is 15.0. The number of hydrogen-bond acceptors (Lipinski definition) is 3. The number of carbonyl (C=O) groups is 1. The lowest BCUT2D eigenvalue weighted by Gasteiger charge is -2.27. The van der Waals surface area contributed by atoms with Gasteiger partial charge in [-0.05, 0) is 76.3 Å². The fourth-order valence-electron chi connectivity index (χ4n) is 4.81. The second kappa shape index (κ2) is 7.74. The van der Waals surface area contributed by atoms with Crippen molar-refractivity contribution in [1.82, 2.24) is 14.8 Å². The van der Waals surface area contributed by atoms with Crippen LogP contribution in [0.1, 0.15) is 50.3 Å². The molecule has 5 heteroatoms. The molecule has 0 saturated carbocycles. The summed E-state index contributed by atoms with van der Waals surface area (Å²) in [6, 6.07) is 10.8. The highest BCUT2D eigenvalue weighted by molar-refractivity contribution is 5.83. The summed E-state index contributed by atoms with van der Waals surface area (Å²) in [7, 11) is 0. The largest absolute Gasteiger partial charge is 0.345 e. The summed E-state index contributed by atoms with van der Waals surface area (Å²) in [6.45, 7) is 4.96. The molecule has 1 aromatic heterocycles. The molecule has 2 saturated heterocycles. The molecule has 2 aliphatic heterocycles. The molecule has 2 fully saturated rings. The molecule has 0 bridgehead atoms. The van der Waals surface area contributed by atoms with Crippen LogP contribution in [-0.2, 0) is 17.8 Å². The van der Waals surface area contributed by atoms with E-state index in [1.165, 1.54) is 11.2 Å². The molecule has 0 unspecified atom stereocenters. The number of aromatic nitrogens is 1. The van der Waals surface area contributed by atoms with Crippen LogP contribution in [-0.4, -0.2) is 40.5 Å². The zero-order valence-corrected chi connectivity index (χ0v) is 16.1. The Morgan fingerprint density at radius 2 is 2.19 bits per heavy atom. The summed E-state index contributed by atoms with van der Waals surface area (Å²) in [5.74, 6) is 0.310. The average Bonchev–Trinajstić information content (AvgIpc) is 3.44. The molecule has 2 aromatic rings. The molecule has 1 aromatic carbocycles. The molecule has 0 spiro atoms. The second-order valence-corrected chi connectivity index (χ2v) is 7.78. The highest BCUT2D eigenvalue weighted by Gasteiger charge is 2.34. The molecule has 2 aliphatic rings. The number of fused-ring (bicyclic) bond motifs is 1. The lowest BCUT2D eigenvalue weighted by Crippen LogP contribution is -2.45. The predicted molar refractivity (Wildman–Crippen MR) is 106 cm³/mol. The highest BCUT2D eigenvalue weighted by atomic mass is 16.2. The molecule has 0 radical (unpaired) electrons. The van der Waals surface area contributed by atoms with Crippen molar-refractivity contribution in [2.24, 2.45) is 0 Å². The first kappa shape index (κ1) is 18.1. The summed E-state index contributed by atoms with van der Waals surface area (Å²) >= 11 is 0. The Labute approximate surface area is 160 Å². The van der Waals surface area contributed by atoms with Gasteiger partial charge in [0.15, 0.2) is 0 Å². The number of aryl methyl sites for hydroxylation is 2. The number of nitrogens with one attached hydrogen (secondary N) is 1. The van der Waals surface area contributed by atoms with Crippen LogP contribution in [0.25, 0.3) is 10.9 Å². The molecule has 142 valence electrons. The van der Waals surface area contributed by atoms with E-state index in [4.69, 9.17) is 5.26 Å². The first-order chi connectivity index (χ1) is 13.2. The lowest BCUT2D eigenvalue weighted by molar-refractivity contribution is -0.134. The van der Waals surface area contributed by atoms with E-state index in [1.54, 1.807) is 0 Å². The first-order valence-electron chi connectivity index (χ1n) is 10.3. The van der Waals surface area contributed by atoms with E-state index >= 15 is 0 Å². The molecule has 1 amide bonds. The number of nitriles is 1. The Kier molecular flexibility index (Phi) is 5.18. The third kappa shape index (κ3) is 3.46. The van der Waals surface area contributed by atoms with Gasteiger partial charge in [0.2, 0.25) is 5.91 Å². The van der Waals surface area contributed by atoms with Crippen molar-refractivity contribution in [3.8, 4) is 6.07 Å². The number of amides is 1. The zero-order chi connectivity index (χ0) is 18.8. The predicted octanol–water partition coefficient (Wildman–Crippen LogP) is 3.21. The number of hydrogen-bond donors (Lipinski definition) is 1. The van der Waals surface area contributed by atoms with Crippen LogP contribution < -0.4 is 5.32 Å².